The highest BCUT2D eigenvalue weighted by Gasteiger charge is 2.59. The number of carbonyl (C=O) groups is 1. The van der Waals surface area contributed by atoms with E-state index >= 15 is 0 Å². The van der Waals surface area contributed by atoms with Crippen LogP contribution in [0.5, 0.6) is 5.75 Å². The predicted octanol–water partition coefficient (Wildman–Crippen LogP) is 4.47. The minimum Gasteiger partial charge on any atom is -0.490 e. The van der Waals surface area contributed by atoms with Crippen molar-refractivity contribution in [3.05, 3.63) is 53.5 Å². The molecule has 2 saturated heterocycles. The predicted molar refractivity (Wildman–Crippen MR) is 132 cm³/mol. The van der Waals surface area contributed by atoms with Crippen LogP contribution in [-0.4, -0.2) is 52.7 Å². The van der Waals surface area contributed by atoms with E-state index in [0.29, 0.717) is 16.6 Å². The molecule has 1 spiro atoms. The summed E-state index contributed by atoms with van der Waals surface area (Å²) in [5.41, 5.74) is 1.61. The maximum absolute atomic E-state index is 13.6. The zero-order valence-corrected chi connectivity index (χ0v) is 19.8. The van der Waals surface area contributed by atoms with E-state index in [4.69, 9.17) is 23.5 Å². The fraction of sp³-hybridized carbons (Fsp3) is 0.440. The van der Waals surface area contributed by atoms with Crippen LogP contribution in [-0.2, 0) is 4.79 Å². The van der Waals surface area contributed by atoms with E-state index < -0.39 is 5.54 Å². The van der Waals surface area contributed by atoms with Gasteiger partial charge in [0.15, 0.2) is 5.11 Å². The number of pyridine rings is 1. The Labute approximate surface area is 199 Å². The molecule has 170 valence electrons. The molecule has 0 bridgehead atoms. The molecular weight excluding hydrogens is 434 g/mol. The minimum atomic E-state index is -0.639. The van der Waals surface area contributed by atoms with Crippen molar-refractivity contribution < 1.29 is 9.53 Å². The summed E-state index contributed by atoms with van der Waals surface area (Å²) in [4.78, 5) is 27.2. The Balaban J connectivity index is 1.40. The van der Waals surface area contributed by atoms with Crippen LogP contribution in [0, 0.1) is 13.5 Å². The van der Waals surface area contributed by atoms with E-state index in [1.54, 1.807) is 11.1 Å². The average Bonchev–Trinajstić information content (AvgIpc) is 3.02. The van der Waals surface area contributed by atoms with E-state index in [1.807, 2.05) is 42.2 Å². The smallest absolute Gasteiger partial charge is 0.272 e. The van der Waals surface area contributed by atoms with Crippen LogP contribution in [0.3, 0.4) is 0 Å². The van der Waals surface area contributed by atoms with Crippen LogP contribution in [0.15, 0.2) is 36.5 Å². The van der Waals surface area contributed by atoms with Gasteiger partial charge in [0, 0.05) is 18.8 Å². The monoisotopic (exact) mass is 461 g/mol. The van der Waals surface area contributed by atoms with E-state index in [0.717, 1.165) is 62.2 Å². The molecule has 0 radical (unpaired) electrons. The lowest BCUT2D eigenvalue weighted by Crippen LogP contribution is -2.55. The number of aromatic nitrogens is 1. The summed E-state index contributed by atoms with van der Waals surface area (Å²) in [6.45, 7) is 11.2. The molecule has 5 rings (SSSR count). The highest BCUT2D eigenvalue weighted by molar-refractivity contribution is 7.81. The van der Waals surface area contributed by atoms with E-state index in [2.05, 4.69) is 21.8 Å². The van der Waals surface area contributed by atoms with Crippen LogP contribution < -0.4 is 14.5 Å². The van der Waals surface area contributed by atoms with Crippen molar-refractivity contribution in [3.8, 4) is 5.75 Å². The molecule has 3 aliphatic rings. The molecule has 3 heterocycles. The first kappa shape index (κ1) is 21.8. The summed E-state index contributed by atoms with van der Waals surface area (Å²) >= 11 is 5.84. The standard InChI is InChI=1S/C25H27N5O2S/c1-17-15-19(16-27-22(17)26-2)29-23(31)25(11-4-12-25)30(24(29)33)18-5-7-20(8-6-18)32-21-9-13-28(3)14-10-21/h5-8,15-16,21H,4,9-14H2,1,3H3. The zero-order chi connectivity index (χ0) is 23.2. The molecule has 0 N–H and O–H groups in total. The maximum Gasteiger partial charge on any atom is 0.272 e. The lowest BCUT2D eigenvalue weighted by atomic mass is 9.75. The first-order valence-corrected chi connectivity index (χ1v) is 11.8. The van der Waals surface area contributed by atoms with E-state index in [1.165, 1.54) is 0 Å². The molecule has 1 amide bonds. The highest BCUT2D eigenvalue weighted by Crippen LogP contribution is 2.48. The van der Waals surface area contributed by atoms with Crippen molar-refractivity contribution in [2.75, 3.05) is 29.9 Å². The Morgan fingerprint density at radius 1 is 1.18 bits per heavy atom. The van der Waals surface area contributed by atoms with Crippen molar-refractivity contribution >= 4 is 40.4 Å². The topological polar surface area (TPSA) is 53.3 Å². The van der Waals surface area contributed by atoms with Crippen LogP contribution in [0.25, 0.3) is 4.85 Å². The number of hydrogen-bond acceptors (Lipinski definition) is 5. The summed E-state index contributed by atoms with van der Waals surface area (Å²) in [5.74, 6) is 1.17. The second-order valence-electron chi connectivity index (χ2n) is 9.20. The van der Waals surface area contributed by atoms with Gasteiger partial charge in [0.1, 0.15) is 23.6 Å². The highest BCUT2D eigenvalue weighted by atomic mass is 32.1. The summed E-state index contributed by atoms with van der Waals surface area (Å²) in [6, 6.07) is 9.77. The number of carbonyl (C=O) groups excluding carboxylic acids is 1. The number of rotatable bonds is 4. The van der Waals surface area contributed by atoms with Gasteiger partial charge in [0.05, 0.1) is 5.69 Å². The molecular formula is C25H27N5O2S. The molecule has 1 saturated carbocycles. The molecule has 2 aromatic rings. The number of piperidine rings is 1. The zero-order valence-electron chi connectivity index (χ0n) is 19.0. The Morgan fingerprint density at radius 3 is 2.45 bits per heavy atom. The molecule has 1 aromatic carbocycles. The summed E-state index contributed by atoms with van der Waals surface area (Å²) in [5, 5.41) is 0.459. The molecule has 1 aliphatic carbocycles. The number of amides is 1. The van der Waals surface area contributed by atoms with Crippen molar-refractivity contribution in [2.24, 2.45) is 0 Å². The Morgan fingerprint density at radius 2 is 1.88 bits per heavy atom. The van der Waals surface area contributed by atoms with Gasteiger partial charge in [-0.05, 0) is 94.2 Å². The van der Waals surface area contributed by atoms with E-state index in [9.17, 15) is 4.79 Å². The van der Waals surface area contributed by atoms with Gasteiger partial charge in [0.25, 0.3) is 11.7 Å². The SMILES string of the molecule is [C-]#[N+]c1ncc(N2C(=O)C3(CCC3)N(c3ccc(OC4CCN(C)CC4)cc3)C2=S)cc1C. The third-order valence-corrected chi connectivity index (χ3v) is 7.42. The van der Waals surface area contributed by atoms with Gasteiger partial charge in [-0.3, -0.25) is 9.69 Å². The van der Waals surface area contributed by atoms with Crippen molar-refractivity contribution in [1.29, 1.82) is 0 Å². The van der Waals surface area contributed by atoms with Gasteiger partial charge in [0.2, 0.25) is 0 Å². The quantitative estimate of drug-likeness (QED) is 0.495. The Kier molecular flexibility index (Phi) is 5.55. The van der Waals surface area contributed by atoms with Gasteiger partial charge in [-0.15, -0.1) is 4.98 Å². The molecule has 8 heteroatoms. The third kappa shape index (κ3) is 3.65. The number of benzene rings is 1. The van der Waals surface area contributed by atoms with Crippen molar-refractivity contribution in [1.82, 2.24) is 9.88 Å². The molecule has 2 aliphatic heterocycles. The van der Waals surface area contributed by atoms with Crippen LogP contribution in [0.1, 0.15) is 37.7 Å². The molecule has 1 aromatic heterocycles. The number of aryl methyl sites for hydroxylation is 1. The van der Waals surface area contributed by atoms with Gasteiger partial charge in [-0.2, -0.15) is 0 Å². The van der Waals surface area contributed by atoms with Gasteiger partial charge >= 0.3 is 0 Å². The Hall–Kier alpha value is -3.02. The number of hydrogen-bond donors (Lipinski definition) is 0. The first-order chi connectivity index (χ1) is 15.9. The molecule has 3 fully saturated rings. The number of ether oxygens (including phenoxy) is 1. The van der Waals surface area contributed by atoms with Gasteiger partial charge < -0.3 is 19.4 Å². The lowest BCUT2D eigenvalue weighted by Gasteiger charge is -2.43. The second-order valence-corrected chi connectivity index (χ2v) is 9.57. The number of thiocarbonyl (C=S) groups is 1. The van der Waals surface area contributed by atoms with Crippen molar-refractivity contribution in [2.45, 2.75) is 50.7 Å². The first-order valence-electron chi connectivity index (χ1n) is 11.4. The largest absolute Gasteiger partial charge is 0.490 e. The van der Waals surface area contributed by atoms with Crippen LogP contribution >= 0.6 is 12.2 Å². The fourth-order valence-corrected chi connectivity index (χ4v) is 5.44. The normalized spacial score (nSPS) is 20.8. The fourth-order valence-electron chi connectivity index (χ4n) is 4.97. The second kappa shape index (κ2) is 8.40. The summed E-state index contributed by atoms with van der Waals surface area (Å²) in [6.07, 6.45) is 6.39. The van der Waals surface area contributed by atoms with Gasteiger partial charge in [-0.25, -0.2) is 0 Å². The van der Waals surface area contributed by atoms with Crippen LogP contribution in [0.2, 0.25) is 0 Å². The number of nitrogens with zero attached hydrogens (tertiary/aromatic N) is 5. The lowest BCUT2D eigenvalue weighted by molar-refractivity contribution is -0.123. The minimum absolute atomic E-state index is 0.0119. The number of anilines is 2. The third-order valence-electron chi connectivity index (χ3n) is 7.06. The average molecular weight is 462 g/mol. The summed E-state index contributed by atoms with van der Waals surface area (Å²) < 4.78 is 6.20. The summed E-state index contributed by atoms with van der Waals surface area (Å²) in [7, 11) is 2.14. The molecule has 7 nitrogen and oxygen atoms in total. The maximum atomic E-state index is 13.6. The molecule has 0 unspecified atom stereocenters. The molecule has 0 atom stereocenters. The van der Waals surface area contributed by atoms with E-state index in [-0.39, 0.29) is 12.0 Å². The van der Waals surface area contributed by atoms with Crippen LogP contribution in [0.4, 0.5) is 17.2 Å². The van der Waals surface area contributed by atoms with Gasteiger partial charge in [-0.1, -0.05) is 6.57 Å². The van der Waals surface area contributed by atoms with Crippen molar-refractivity contribution in [3.63, 3.8) is 0 Å². The molecule has 33 heavy (non-hydrogen) atoms. The number of likely N-dealkylation sites (tertiary alicyclic amines) is 1. The Bertz CT molecular complexity index is 1130.